The molecule has 0 unspecified atom stereocenters. The van der Waals surface area contributed by atoms with Crippen LogP contribution in [-0.2, 0) is 11.3 Å². The van der Waals surface area contributed by atoms with Gasteiger partial charge in [-0.2, -0.15) is 8.78 Å². The highest BCUT2D eigenvalue weighted by Gasteiger charge is 2.23. The number of carbonyl (C=O) groups is 1. The molecule has 0 saturated heterocycles. The summed E-state index contributed by atoms with van der Waals surface area (Å²) in [5.41, 5.74) is 3.24. The number of carbonyl (C=O) groups excluding carboxylic acids is 1. The van der Waals surface area contributed by atoms with Crippen molar-refractivity contribution in [2.75, 3.05) is 44.0 Å². The molecular weight excluding hydrogens is 560 g/mol. The Bertz CT molecular complexity index is 1620. The fourth-order valence-corrected chi connectivity index (χ4v) is 4.42. The standard InChI is InChI=1S/C33H34F4N4O2/c1-22-18-31(40(5)17-16-39(3)4)38-30-14-10-25(20-27(22)30)41(21-24-8-13-28(34)29(35)19-24)32(42)15-9-23-6-11-26(12-7-23)43-33(2,36)37/h6-15,18-20H,16-17,21H2,1-5H3/b15-9+. The second-order valence-corrected chi connectivity index (χ2v) is 10.7. The van der Waals surface area contributed by atoms with Crippen LogP contribution in [0.3, 0.4) is 0 Å². The Labute approximate surface area is 248 Å². The second-order valence-electron chi connectivity index (χ2n) is 10.7. The number of anilines is 2. The molecule has 3 aromatic carbocycles. The van der Waals surface area contributed by atoms with Crippen molar-refractivity contribution in [1.82, 2.24) is 9.88 Å². The molecule has 10 heteroatoms. The molecule has 0 fully saturated rings. The zero-order valence-corrected chi connectivity index (χ0v) is 24.7. The number of hydrogen-bond acceptors (Lipinski definition) is 5. The molecule has 0 spiro atoms. The number of alkyl halides is 2. The maximum Gasteiger partial charge on any atom is 0.394 e. The van der Waals surface area contributed by atoms with Crippen molar-refractivity contribution in [3.63, 3.8) is 0 Å². The van der Waals surface area contributed by atoms with Gasteiger partial charge in [0.1, 0.15) is 11.6 Å². The summed E-state index contributed by atoms with van der Waals surface area (Å²) < 4.78 is 58.5. The Morgan fingerprint density at radius 1 is 0.930 bits per heavy atom. The molecule has 0 radical (unpaired) electrons. The maximum atomic E-state index is 14.0. The van der Waals surface area contributed by atoms with Crippen molar-refractivity contribution in [2.24, 2.45) is 0 Å². The zero-order valence-electron chi connectivity index (χ0n) is 24.7. The van der Waals surface area contributed by atoms with Gasteiger partial charge in [-0.1, -0.05) is 18.2 Å². The lowest BCUT2D eigenvalue weighted by Gasteiger charge is -2.24. The van der Waals surface area contributed by atoms with Gasteiger partial charge >= 0.3 is 6.11 Å². The minimum atomic E-state index is -3.31. The lowest BCUT2D eigenvalue weighted by molar-refractivity contribution is -0.158. The molecule has 0 bridgehead atoms. The number of aryl methyl sites for hydroxylation is 1. The molecular formula is C33H34F4N4O2. The van der Waals surface area contributed by atoms with Gasteiger partial charge in [-0.15, -0.1) is 0 Å². The average molecular weight is 595 g/mol. The number of amides is 1. The van der Waals surface area contributed by atoms with Crippen LogP contribution >= 0.6 is 0 Å². The van der Waals surface area contributed by atoms with E-state index in [0.717, 1.165) is 47.5 Å². The van der Waals surface area contributed by atoms with Crippen LogP contribution in [0.5, 0.6) is 5.75 Å². The summed E-state index contributed by atoms with van der Waals surface area (Å²) in [6, 6.07) is 16.8. The van der Waals surface area contributed by atoms with Gasteiger partial charge in [-0.25, -0.2) is 13.8 Å². The molecule has 6 nitrogen and oxygen atoms in total. The number of nitrogens with zero attached hydrogens (tertiary/aromatic N) is 4. The first-order valence-electron chi connectivity index (χ1n) is 13.7. The Hall–Kier alpha value is -4.44. The van der Waals surface area contributed by atoms with Crippen LogP contribution in [0.15, 0.2) is 72.8 Å². The van der Waals surface area contributed by atoms with E-state index in [1.165, 1.54) is 35.3 Å². The lowest BCUT2D eigenvalue weighted by atomic mass is 10.1. The Kier molecular flexibility index (Phi) is 9.70. The van der Waals surface area contributed by atoms with Crippen LogP contribution in [0.4, 0.5) is 29.1 Å². The molecule has 0 N–H and O–H groups in total. The molecule has 0 aliphatic heterocycles. The first kappa shape index (κ1) is 31.5. The number of likely N-dealkylation sites (N-methyl/N-ethyl adjacent to an activating group) is 2. The van der Waals surface area contributed by atoms with Crippen LogP contribution in [0, 0.1) is 18.6 Å². The highest BCUT2D eigenvalue weighted by atomic mass is 19.3. The van der Waals surface area contributed by atoms with Gasteiger partial charge in [0.05, 0.1) is 12.1 Å². The molecule has 1 amide bonds. The largest absolute Gasteiger partial charge is 0.433 e. The third-order valence-electron chi connectivity index (χ3n) is 6.76. The molecule has 0 atom stereocenters. The van der Waals surface area contributed by atoms with Crippen molar-refractivity contribution < 1.29 is 27.1 Å². The average Bonchev–Trinajstić information content (AvgIpc) is 2.95. The van der Waals surface area contributed by atoms with Gasteiger partial charge in [0.25, 0.3) is 5.91 Å². The maximum absolute atomic E-state index is 14.0. The minimum Gasteiger partial charge on any atom is -0.433 e. The van der Waals surface area contributed by atoms with E-state index in [0.29, 0.717) is 23.7 Å². The van der Waals surface area contributed by atoms with E-state index >= 15 is 0 Å². The smallest absolute Gasteiger partial charge is 0.394 e. The predicted molar refractivity (Wildman–Crippen MR) is 163 cm³/mol. The van der Waals surface area contributed by atoms with Gasteiger partial charge < -0.3 is 19.4 Å². The van der Waals surface area contributed by atoms with Crippen molar-refractivity contribution in [3.8, 4) is 5.75 Å². The molecule has 1 aromatic heterocycles. The van der Waals surface area contributed by atoms with E-state index in [9.17, 15) is 22.4 Å². The summed E-state index contributed by atoms with van der Waals surface area (Å²) in [5, 5.41) is 0.845. The molecule has 43 heavy (non-hydrogen) atoms. The number of hydrogen-bond donors (Lipinski definition) is 0. The Morgan fingerprint density at radius 3 is 2.30 bits per heavy atom. The summed E-state index contributed by atoms with van der Waals surface area (Å²) in [4.78, 5) is 24.0. The van der Waals surface area contributed by atoms with E-state index in [1.54, 1.807) is 18.2 Å². The first-order valence-corrected chi connectivity index (χ1v) is 13.7. The minimum absolute atomic E-state index is 0.0110. The molecule has 0 aliphatic carbocycles. The van der Waals surface area contributed by atoms with E-state index in [2.05, 4.69) is 14.5 Å². The molecule has 4 aromatic rings. The van der Waals surface area contributed by atoms with E-state index in [1.807, 2.05) is 46.3 Å². The van der Waals surface area contributed by atoms with Gasteiger partial charge in [0.15, 0.2) is 11.6 Å². The number of ether oxygens (including phenoxy) is 1. The molecule has 0 saturated carbocycles. The first-order chi connectivity index (χ1) is 20.3. The number of pyridine rings is 1. The third-order valence-corrected chi connectivity index (χ3v) is 6.76. The van der Waals surface area contributed by atoms with Gasteiger partial charge in [0, 0.05) is 44.2 Å². The SMILES string of the molecule is Cc1cc(N(C)CCN(C)C)nc2ccc(N(Cc3ccc(F)c(F)c3)C(=O)/C=C/c3ccc(OC(C)(F)F)cc3)cc12. The number of fused-ring (bicyclic) bond motifs is 1. The van der Waals surface area contributed by atoms with Crippen molar-refractivity contribution >= 4 is 34.4 Å². The fraction of sp³-hybridized carbons (Fsp3) is 0.273. The number of aromatic nitrogens is 1. The molecule has 4 rings (SSSR count). The second kappa shape index (κ2) is 13.2. The summed E-state index contributed by atoms with van der Waals surface area (Å²) in [6.45, 7) is 4.26. The number of rotatable bonds is 11. The zero-order chi connectivity index (χ0) is 31.3. The quantitative estimate of drug-likeness (QED) is 0.138. The number of halogens is 4. The van der Waals surface area contributed by atoms with Crippen LogP contribution in [-0.4, -0.2) is 56.1 Å². The van der Waals surface area contributed by atoms with E-state index in [4.69, 9.17) is 4.98 Å². The predicted octanol–water partition coefficient (Wildman–Crippen LogP) is 7.06. The molecule has 226 valence electrons. The van der Waals surface area contributed by atoms with Crippen molar-refractivity contribution in [1.29, 1.82) is 0 Å². The molecule has 1 heterocycles. The fourth-order valence-electron chi connectivity index (χ4n) is 4.42. The van der Waals surface area contributed by atoms with Crippen molar-refractivity contribution in [2.45, 2.75) is 26.5 Å². The summed E-state index contributed by atoms with van der Waals surface area (Å²) in [6.07, 6.45) is -0.439. The number of benzene rings is 3. The van der Waals surface area contributed by atoms with Crippen LogP contribution in [0.1, 0.15) is 23.6 Å². The Morgan fingerprint density at radius 2 is 1.65 bits per heavy atom. The van der Waals surface area contributed by atoms with Crippen LogP contribution in [0.2, 0.25) is 0 Å². The van der Waals surface area contributed by atoms with Gasteiger partial charge in [-0.05, 0) is 92.3 Å². The summed E-state index contributed by atoms with van der Waals surface area (Å²) in [5.74, 6) is -1.59. The van der Waals surface area contributed by atoms with Crippen molar-refractivity contribution in [3.05, 3.63) is 101 Å². The Balaban J connectivity index is 1.65. The normalized spacial score (nSPS) is 11.9. The summed E-state index contributed by atoms with van der Waals surface area (Å²) >= 11 is 0. The van der Waals surface area contributed by atoms with E-state index < -0.39 is 23.7 Å². The van der Waals surface area contributed by atoms with Crippen LogP contribution in [0.25, 0.3) is 17.0 Å². The van der Waals surface area contributed by atoms with Gasteiger partial charge in [0.2, 0.25) is 0 Å². The highest BCUT2D eigenvalue weighted by Crippen LogP contribution is 2.29. The monoisotopic (exact) mass is 594 g/mol. The van der Waals surface area contributed by atoms with Gasteiger partial charge in [-0.3, -0.25) is 4.79 Å². The molecule has 0 aliphatic rings. The van der Waals surface area contributed by atoms with Crippen LogP contribution < -0.4 is 14.5 Å². The third kappa shape index (κ3) is 8.54. The highest BCUT2D eigenvalue weighted by molar-refractivity contribution is 6.05. The summed E-state index contributed by atoms with van der Waals surface area (Å²) in [7, 11) is 6.01. The topological polar surface area (TPSA) is 48.9 Å². The lowest BCUT2D eigenvalue weighted by Crippen LogP contribution is -2.29. The van der Waals surface area contributed by atoms with E-state index in [-0.39, 0.29) is 12.3 Å².